The summed E-state index contributed by atoms with van der Waals surface area (Å²) >= 11 is 0. The van der Waals surface area contributed by atoms with Crippen LogP contribution in [-0.2, 0) is 0 Å². The number of hydrogen-bond donors (Lipinski definition) is 0. The minimum Gasteiger partial charge on any atom is -0.159 e. The van der Waals surface area contributed by atoms with E-state index in [4.69, 9.17) is 0 Å². The Labute approximate surface area is 72.4 Å². The molecule has 0 unspecified atom stereocenters. The summed E-state index contributed by atoms with van der Waals surface area (Å²) in [7, 11) is 0. The summed E-state index contributed by atoms with van der Waals surface area (Å²) in [6.45, 7) is 0. The summed E-state index contributed by atoms with van der Waals surface area (Å²) < 4.78 is 0. The van der Waals surface area contributed by atoms with E-state index >= 15 is 0 Å². The summed E-state index contributed by atoms with van der Waals surface area (Å²) in [6.07, 6.45) is 13.6. The molecule has 2 heteroatoms. The molecule has 58 valence electrons. The topological polar surface area (TPSA) is 25.8 Å². The predicted octanol–water partition coefficient (Wildman–Crippen LogP) is 2.19. The van der Waals surface area contributed by atoms with Crippen molar-refractivity contribution in [2.24, 2.45) is 0 Å². The van der Waals surface area contributed by atoms with E-state index in [-0.39, 0.29) is 1.43 Å². The van der Waals surface area contributed by atoms with Crippen LogP contribution >= 0.6 is 0 Å². The summed E-state index contributed by atoms with van der Waals surface area (Å²) in [5.41, 5.74) is 2.02. The number of rotatable bonds is 0. The molecule has 0 amide bonds. The second-order valence-corrected chi connectivity index (χ2v) is 2.47. The smallest absolute Gasteiger partial charge is 0.159 e. The van der Waals surface area contributed by atoms with Crippen molar-refractivity contribution >= 4 is 12.2 Å². The Hall–Kier alpha value is -1.70. The zero-order valence-electron chi connectivity index (χ0n) is 7.51. The van der Waals surface area contributed by atoms with E-state index in [1.54, 1.807) is 6.20 Å². The molecule has 0 spiro atoms. The van der Waals surface area contributed by atoms with Gasteiger partial charge in [-0.1, -0.05) is 30.4 Å². The molecule has 2 nitrogen and oxygen atoms in total. The molecule has 1 heterocycles. The van der Waals surface area contributed by atoms with Gasteiger partial charge < -0.3 is 0 Å². The summed E-state index contributed by atoms with van der Waals surface area (Å²) in [5.74, 6) is 0. The molecule has 0 saturated carbocycles. The lowest BCUT2D eigenvalue weighted by atomic mass is 10.1. The van der Waals surface area contributed by atoms with E-state index < -0.39 is 0 Å². The fourth-order valence-electron chi connectivity index (χ4n) is 1.06. The Kier molecular flexibility index (Phi) is 1.82. The fraction of sp³-hybridized carbons (Fsp3) is 0. The molecule has 1 aromatic rings. The van der Waals surface area contributed by atoms with E-state index in [1.807, 2.05) is 42.5 Å². The van der Waals surface area contributed by atoms with E-state index in [1.165, 1.54) is 0 Å². The monoisotopic (exact) mass is 157 g/mol. The first-order valence-corrected chi connectivity index (χ1v) is 3.80. The quantitative estimate of drug-likeness (QED) is 0.577. The van der Waals surface area contributed by atoms with Gasteiger partial charge in [-0.15, -0.1) is 0 Å². The van der Waals surface area contributed by atoms with Gasteiger partial charge in [0.15, 0.2) is 0 Å². The first-order chi connectivity index (χ1) is 5.97. The van der Waals surface area contributed by atoms with Crippen molar-refractivity contribution in [3.8, 4) is 0 Å². The van der Waals surface area contributed by atoms with Gasteiger partial charge in [-0.3, -0.25) is 0 Å². The van der Waals surface area contributed by atoms with Crippen LogP contribution < -0.4 is 0 Å². The van der Waals surface area contributed by atoms with Crippen molar-refractivity contribution in [2.75, 3.05) is 0 Å². The van der Waals surface area contributed by atoms with Gasteiger partial charge in [0.05, 0.1) is 11.9 Å². The van der Waals surface area contributed by atoms with Gasteiger partial charge in [0.2, 0.25) is 0 Å². The molecule has 0 radical (unpaired) electrons. The number of hydrogen-bond acceptors (Lipinski definition) is 2. The lowest BCUT2D eigenvalue weighted by molar-refractivity contribution is 1.01. The van der Waals surface area contributed by atoms with Gasteiger partial charge in [-0.05, 0) is 12.1 Å². The maximum absolute atomic E-state index is 4.00. The highest BCUT2D eigenvalue weighted by Crippen LogP contribution is 2.10. The molecule has 0 aromatic carbocycles. The Morgan fingerprint density at radius 3 is 2.75 bits per heavy atom. The SMILES string of the molecule is C1=C\C=C/c2nnccc2\C=C/1.[H+]. The molecule has 1 aromatic heterocycles. The van der Waals surface area contributed by atoms with Crippen molar-refractivity contribution < 1.29 is 1.43 Å². The van der Waals surface area contributed by atoms with Crippen molar-refractivity contribution in [2.45, 2.75) is 0 Å². The minimum atomic E-state index is 0. The largest absolute Gasteiger partial charge is 1.00 e. The Bertz CT molecular complexity index is 332. The maximum atomic E-state index is 4.00. The van der Waals surface area contributed by atoms with E-state index in [9.17, 15) is 0 Å². The average Bonchev–Trinajstić information content (AvgIpc) is 2.06. The highest BCUT2D eigenvalue weighted by atomic mass is 15.1. The van der Waals surface area contributed by atoms with Crippen molar-refractivity contribution in [1.29, 1.82) is 0 Å². The highest BCUT2D eigenvalue weighted by Gasteiger charge is 1.95. The summed E-state index contributed by atoms with van der Waals surface area (Å²) in [4.78, 5) is 0. The normalized spacial score (nSPS) is 21.7. The summed E-state index contributed by atoms with van der Waals surface area (Å²) in [6, 6.07) is 1.95. The third-order valence-electron chi connectivity index (χ3n) is 1.65. The third kappa shape index (κ3) is 1.32. The Balaban J connectivity index is 0.000000845. The molecule has 12 heavy (non-hydrogen) atoms. The standard InChI is InChI=1S/C10H8N2/c1-2-4-6-10-9(5-3-1)7-8-11-12-10/h1-8H/p+1/b2-1-,3-1?,4-2?,5-3-,6-4-,9-5?,10-6?. The molecule has 0 aliphatic heterocycles. The van der Waals surface area contributed by atoms with Crippen LogP contribution in [-0.4, -0.2) is 10.2 Å². The molecule has 0 atom stereocenters. The lowest BCUT2D eigenvalue weighted by Crippen LogP contribution is -1.89. The zero-order valence-corrected chi connectivity index (χ0v) is 6.51. The maximum Gasteiger partial charge on any atom is 1.00 e. The fourth-order valence-corrected chi connectivity index (χ4v) is 1.06. The molecular weight excluding hydrogens is 148 g/mol. The van der Waals surface area contributed by atoms with Gasteiger partial charge in [-0.25, -0.2) is 0 Å². The van der Waals surface area contributed by atoms with Crippen LogP contribution in [0.1, 0.15) is 12.7 Å². The van der Waals surface area contributed by atoms with Crippen LogP contribution in [0.5, 0.6) is 0 Å². The second-order valence-electron chi connectivity index (χ2n) is 2.47. The number of aromatic nitrogens is 2. The molecule has 0 saturated heterocycles. The highest BCUT2D eigenvalue weighted by molar-refractivity contribution is 5.64. The molecule has 0 N–H and O–H groups in total. The number of nitrogens with zero attached hydrogens (tertiary/aromatic N) is 2. The van der Waals surface area contributed by atoms with Gasteiger partial charge in [0.1, 0.15) is 0 Å². The minimum absolute atomic E-state index is 0. The van der Waals surface area contributed by atoms with Gasteiger partial charge in [0.25, 0.3) is 0 Å². The molecule has 0 fully saturated rings. The summed E-state index contributed by atoms with van der Waals surface area (Å²) in [5, 5.41) is 7.81. The van der Waals surface area contributed by atoms with Crippen molar-refractivity contribution in [3.63, 3.8) is 0 Å². The lowest BCUT2D eigenvalue weighted by Gasteiger charge is -1.97. The Morgan fingerprint density at radius 2 is 1.83 bits per heavy atom. The predicted molar refractivity (Wildman–Crippen MR) is 50.4 cm³/mol. The van der Waals surface area contributed by atoms with Crippen LogP contribution in [0.4, 0.5) is 0 Å². The van der Waals surface area contributed by atoms with Crippen LogP contribution in [0.3, 0.4) is 0 Å². The molecular formula is C10H9N2+. The van der Waals surface area contributed by atoms with Gasteiger partial charge in [-0.2, -0.15) is 10.2 Å². The third-order valence-corrected chi connectivity index (χ3v) is 1.65. The van der Waals surface area contributed by atoms with Crippen LogP contribution in [0, 0.1) is 0 Å². The first-order valence-electron chi connectivity index (χ1n) is 3.80. The van der Waals surface area contributed by atoms with E-state index in [2.05, 4.69) is 10.2 Å². The molecule has 1 aliphatic carbocycles. The van der Waals surface area contributed by atoms with Gasteiger partial charge in [0, 0.05) is 5.56 Å². The van der Waals surface area contributed by atoms with Gasteiger partial charge >= 0.3 is 1.43 Å². The van der Waals surface area contributed by atoms with E-state index in [0.29, 0.717) is 0 Å². The molecule has 2 rings (SSSR count). The number of allylic oxidation sites excluding steroid dienone is 4. The zero-order chi connectivity index (χ0) is 8.23. The average molecular weight is 157 g/mol. The van der Waals surface area contributed by atoms with Crippen LogP contribution in [0.15, 0.2) is 36.6 Å². The molecule has 0 bridgehead atoms. The second kappa shape index (κ2) is 3.13. The first kappa shape index (κ1) is 6.98. The number of fused-ring (bicyclic) bond motifs is 1. The van der Waals surface area contributed by atoms with Crippen LogP contribution in [0.2, 0.25) is 0 Å². The van der Waals surface area contributed by atoms with Crippen LogP contribution in [0.25, 0.3) is 12.2 Å². The Morgan fingerprint density at radius 1 is 1.00 bits per heavy atom. The van der Waals surface area contributed by atoms with E-state index in [0.717, 1.165) is 11.3 Å². The molecule has 1 aliphatic rings. The van der Waals surface area contributed by atoms with Crippen molar-refractivity contribution in [1.82, 2.24) is 10.2 Å². The van der Waals surface area contributed by atoms with Crippen molar-refractivity contribution in [3.05, 3.63) is 47.8 Å².